The van der Waals surface area contributed by atoms with E-state index < -0.39 is 0 Å². The summed E-state index contributed by atoms with van der Waals surface area (Å²) in [5.74, 6) is 1.02. The molecule has 0 bridgehead atoms. The number of hydrogen-bond acceptors (Lipinski definition) is 2. The van der Waals surface area contributed by atoms with Crippen molar-refractivity contribution in [1.29, 1.82) is 0 Å². The Morgan fingerprint density at radius 3 is 2.54 bits per heavy atom. The van der Waals surface area contributed by atoms with Crippen LogP contribution in [0.5, 0.6) is 0 Å². The lowest BCUT2D eigenvalue weighted by atomic mass is 9.89. The van der Waals surface area contributed by atoms with Crippen LogP contribution >= 0.6 is 0 Å². The molecule has 0 radical (unpaired) electrons. The van der Waals surface area contributed by atoms with Gasteiger partial charge in [-0.3, -0.25) is 0 Å². The Balaban J connectivity index is 1.57. The lowest BCUT2D eigenvalue weighted by Gasteiger charge is -2.30. The van der Waals surface area contributed by atoms with E-state index in [0.717, 1.165) is 17.8 Å². The predicted molar refractivity (Wildman–Crippen MR) is 116 cm³/mol. The van der Waals surface area contributed by atoms with E-state index in [1.54, 1.807) is 0 Å². The Kier molecular flexibility index (Phi) is 3.16. The van der Waals surface area contributed by atoms with Gasteiger partial charge in [0.25, 0.3) is 0 Å². The summed E-state index contributed by atoms with van der Waals surface area (Å²) in [6, 6.07) is 24.4. The third kappa shape index (κ3) is 2.15. The number of benzene rings is 3. The van der Waals surface area contributed by atoms with Crippen LogP contribution in [0.25, 0.3) is 22.6 Å². The molecule has 1 aromatic heterocycles. The first kappa shape index (κ1) is 15.8. The van der Waals surface area contributed by atoms with Gasteiger partial charge in [-0.05, 0) is 55.3 Å². The second-order valence-corrected chi connectivity index (χ2v) is 7.99. The van der Waals surface area contributed by atoms with Crippen LogP contribution in [0, 0.1) is 13.8 Å². The van der Waals surface area contributed by atoms with E-state index in [4.69, 9.17) is 4.42 Å². The standard InChI is InChI=1S/C26H21NO/c1-16-7-10-18(11-8-16)27-23-6-4-3-5-19(23)21-15-26-22(14-24(21)27)20-12-9-17(2)13-25(20)28-26/h3-13,15,24H,14H2,1-2H3. The molecule has 0 spiro atoms. The van der Waals surface area contributed by atoms with Crippen LogP contribution in [0.15, 0.2) is 71.1 Å². The predicted octanol–water partition coefficient (Wildman–Crippen LogP) is 6.67. The summed E-state index contributed by atoms with van der Waals surface area (Å²) in [5.41, 5.74) is 10.1. The molecule has 2 aliphatic rings. The normalized spacial score (nSPS) is 17.3. The van der Waals surface area contributed by atoms with Crippen LogP contribution in [0.4, 0.5) is 11.4 Å². The molecule has 1 unspecified atom stereocenters. The van der Waals surface area contributed by atoms with Gasteiger partial charge in [0, 0.05) is 34.3 Å². The molecule has 0 saturated carbocycles. The molecule has 136 valence electrons. The van der Waals surface area contributed by atoms with Crippen molar-refractivity contribution in [2.75, 3.05) is 4.90 Å². The summed E-state index contributed by atoms with van der Waals surface area (Å²) in [6.45, 7) is 4.25. The van der Waals surface area contributed by atoms with Gasteiger partial charge in [-0.15, -0.1) is 0 Å². The van der Waals surface area contributed by atoms with Gasteiger partial charge in [0.1, 0.15) is 11.3 Å². The van der Waals surface area contributed by atoms with Gasteiger partial charge < -0.3 is 9.32 Å². The molecule has 0 N–H and O–H groups in total. The van der Waals surface area contributed by atoms with Crippen molar-refractivity contribution in [1.82, 2.24) is 0 Å². The maximum atomic E-state index is 6.26. The number of aryl methyl sites for hydroxylation is 2. The van der Waals surface area contributed by atoms with Gasteiger partial charge in [-0.2, -0.15) is 0 Å². The summed E-state index contributed by atoms with van der Waals surface area (Å²) >= 11 is 0. The van der Waals surface area contributed by atoms with Crippen LogP contribution in [0.1, 0.15) is 28.0 Å². The summed E-state index contributed by atoms with van der Waals surface area (Å²) in [5, 5.41) is 1.25. The fourth-order valence-electron chi connectivity index (χ4n) is 4.75. The number of fused-ring (bicyclic) bond motifs is 6. The molecule has 2 nitrogen and oxygen atoms in total. The van der Waals surface area contributed by atoms with Crippen molar-refractivity contribution in [3.8, 4) is 0 Å². The third-order valence-electron chi connectivity index (χ3n) is 6.12. The first-order chi connectivity index (χ1) is 13.7. The van der Waals surface area contributed by atoms with E-state index in [1.165, 1.54) is 44.6 Å². The Bertz CT molecular complexity index is 1260. The van der Waals surface area contributed by atoms with Crippen molar-refractivity contribution in [2.45, 2.75) is 26.3 Å². The number of nitrogens with zero attached hydrogens (tertiary/aromatic N) is 1. The number of hydrogen-bond donors (Lipinski definition) is 0. The Morgan fingerprint density at radius 1 is 0.893 bits per heavy atom. The third-order valence-corrected chi connectivity index (χ3v) is 6.12. The molecule has 1 atom stereocenters. The molecule has 4 aromatic rings. The first-order valence-corrected chi connectivity index (χ1v) is 9.88. The molecule has 2 heteroatoms. The van der Waals surface area contributed by atoms with E-state index in [0.29, 0.717) is 6.04 Å². The van der Waals surface area contributed by atoms with E-state index >= 15 is 0 Å². The van der Waals surface area contributed by atoms with Crippen LogP contribution in [-0.2, 0) is 6.42 Å². The van der Waals surface area contributed by atoms with E-state index in [9.17, 15) is 0 Å². The maximum Gasteiger partial charge on any atom is 0.135 e. The number of furan rings is 1. The zero-order valence-corrected chi connectivity index (χ0v) is 16.1. The second-order valence-electron chi connectivity index (χ2n) is 7.99. The monoisotopic (exact) mass is 363 g/mol. The van der Waals surface area contributed by atoms with E-state index in [-0.39, 0.29) is 0 Å². The van der Waals surface area contributed by atoms with Crippen LogP contribution in [0.2, 0.25) is 0 Å². The van der Waals surface area contributed by atoms with Crippen molar-refractivity contribution in [2.24, 2.45) is 0 Å². The van der Waals surface area contributed by atoms with Gasteiger partial charge in [0.15, 0.2) is 0 Å². The largest absolute Gasteiger partial charge is 0.456 e. The molecule has 1 aliphatic carbocycles. The first-order valence-electron chi connectivity index (χ1n) is 9.88. The van der Waals surface area contributed by atoms with E-state index in [1.807, 2.05) is 0 Å². The Hall–Kier alpha value is -3.26. The average molecular weight is 363 g/mol. The minimum atomic E-state index is 0.301. The average Bonchev–Trinajstić information content (AvgIpc) is 3.21. The van der Waals surface area contributed by atoms with Crippen molar-refractivity contribution < 1.29 is 4.42 Å². The molecule has 0 saturated heterocycles. The molecular weight excluding hydrogens is 342 g/mol. The van der Waals surface area contributed by atoms with Gasteiger partial charge in [-0.25, -0.2) is 0 Å². The highest BCUT2D eigenvalue weighted by molar-refractivity contribution is 6.02. The Morgan fingerprint density at radius 2 is 1.68 bits per heavy atom. The minimum Gasteiger partial charge on any atom is -0.456 e. The smallest absolute Gasteiger partial charge is 0.135 e. The summed E-state index contributed by atoms with van der Waals surface area (Å²) in [7, 11) is 0. The topological polar surface area (TPSA) is 16.4 Å². The summed E-state index contributed by atoms with van der Waals surface area (Å²) in [6.07, 6.45) is 3.23. The number of rotatable bonds is 1. The van der Waals surface area contributed by atoms with Gasteiger partial charge in [-0.1, -0.05) is 48.0 Å². The highest BCUT2D eigenvalue weighted by Gasteiger charge is 2.38. The summed E-state index contributed by atoms with van der Waals surface area (Å²) < 4.78 is 6.26. The van der Waals surface area contributed by atoms with Crippen LogP contribution in [-0.4, -0.2) is 6.04 Å². The maximum absolute atomic E-state index is 6.26. The van der Waals surface area contributed by atoms with Crippen molar-refractivity contribution in [3.63, 3.8) is 0 Å². The SMILES string of the molecule is Cc1ccc(N2c3ccccc3C3=Cc4oc5cc(C)ccc5c4CC32)cc1. The highest BCUT2D eigenvalue weighted by atomic mass is 16.3. The number of anilines is 2. The van der Waals surface area contributed by atoms with Crippen molar-refractivity contribution >= 4 is 34.0 Å². The quantitative estimate of drug-likeness (QED) is 0.376. The highest BCUT2D eigenvalue weighted by Crippen LogP contribution is 2.50. The minimum absolute atomic E-state index is 0.301. The molecule has 3 aromatic carbocycles. The summed E-state index contributed by atoms with van der Waals surface area (Å²) in [4.78, 5) is 2.50. The lowest BCUT2D eigenvalue weighted by molar-refractivity contribution is 0.593. The zero-order valence-electron chi connectivity index (χ0n) is 16.1. The fourth-order valence-corrected chi connectivity index (χ4v) is 4.75. The molecule has 1 aliphatic heterocycles. The zero-order chi connectivity index (χ0) is 18.8. The van der Waals surface area contributed by atoms with Gasteiger partial charge in [0.2, 0.25) is 0 Å². The molecule has 0 fully saturated rings. The van der Waals surface area contributed by atoms with E-state index in [2.05, 4.69) is 91.6 Å². The molecule has 6 rings (SSSR count). The number of para-hydroxylation sites is 1. The van der Waals surface area contributed by atoms with Gasteiger partial charge in [0.05, 0.1) is 6.04 Å². The molecule has 28 heavy (non-hydrogen) atoms. The van der Waals surface area contributed by atoms with Crippen molar-refractivity contribution in [3.05, 3.63) is 94.7 Å². The molecule has 2 heterocycles. The van der Waals surface area contributed by atoms with Crippen LogP contribution < -0.4 is 4.90 Å². The molecular formula is C26H21NO. The Labute approximate surface area is 164 Å². The van der Waals surface area contributed by atoms with Crippen LogP contribution in [0.3, 0.4) is 0 Å². The fraction of sp³-hybridized carbons (Fsp3) is 0.154. The lowest BCUT2D eigenvalue weighted by Crippen LogP contribution is -2.30. The molecule has 0 amide bonds. The second kappa shape index (κ2) is 5.62. The van der Waals surface area contributed by atoms with Gasteiger partial charge >= 0.3 is 0 Å².